The Bertz CT molecular complexity index is 686. The highest BCUT2D eigenvalue weighted by Gasteiger charge is 2.25. The van der Waals surface area contributed by atoms with Crippen LogP contribution in [0.25, 0.3) is 11.3 Å². The van der Waals surface area contributed by atoms with Crippen molar-refractivity contribution in [3.8, 4) is 11.3 Å². The molecule has 22 heavy (non-hydrogen) atoms. The molecule has 0 atom stereocenters. The molecule has 0 unspecified atom stereocenters. The lowest BCUT2D eigenvalue weighted by Crippen LogP contribution is -2.34. The van der Waals surface area contributed by atoms with E-state index in [9.17, 15) is 4.79 Å². The van der Waals surface area contributed by atoms with E-state index in [1.54, 1.807) is 11.8 Å². The minimum atomic E-state index is -0.379. The number of aromatic nitrogens is 2. The van der Waals surface area contributed by atoms with Crippen LogP contribution in [0.15, 0.2) is 35.5 Å². The molecule has 0 fully saturated rings. The molecule has 4 nitrogen and oxygen atoms in total. The summed E-state index contributed by atoms with van der Waals surface area (Å²) in [6, 6.07) is 10.2. The molecule has 2 aromatic rings. The van der Waals surface area contributed by atoms with Gasteiger partial charge < -0.3 is 9.88 Å². The van der Waals surface area contributed by atoms with E-state index in [1.165, 1.54) is 0 Å². The number of imidazole rings is 1. The van der Waals surface area contributed by atoms with Crippen LogP contribution < -0.4 is 5.32 Å². The van der Waals surface area contributed by atoms with Gasteiger partial charge in [0, 0.05) is 23.3 Å². The van der Waals surface area contributed by atoms with E-state index in [0.717, 1.165) is 34.4 Å². The first-order valence-electron chi connectivity index (χ1n) is 7.53. The van der Waals surface area contributed by atoms with Crippen LogP contribution in [0.5, 0.6) is 0 Å². The first kappa shape index (κ1) is 15.2. The summed E-state index contributed by atoms with van der Waals surface area (Å²) in [4.78, 5) is 16.9. The van der Waals surface area contributed by atoms with E-state index in [2.05, 4.69) is 22.0 Å². The number of rotatable bonds is 3. The SMILES string of the molecule is CC(C)(C)C(=O)NCc1c(-c2ccccc2)nc2n1CCS2. The highest BCUT2D eigenvalue weighted by Crippen LogP contribution is 2.33. The number of amides is 1. The minimum absolute atomic E-state index is 0.0627. The molecule has 116 valence electrons. The fourth-order valence-electron chi connectivity index (χ4n) is 2.47. The van der Waals surface area contributed by atoms with Crippen molar-refractivity contribution >= 4 is 17.7 Å². The number of hydrogen-bond acceptors (Lipinski definition) is 3. The van der Waals surface area contributed by atoms with Crippen LogP contribution >= 0.6 is 11.8 Å². The van der Waals surface area contributed by atoms with Crippen molar-refractivity contribution < 1.29 is 4.79 Å². The summed E-state index contributed by atoms with van der Waals surface area (Å²) >= 11 is 1.78. The molecule has 1 aliphatic rings. The lowest BCUT2D eigenvalue weighted by atomic mass is 9.95. The molecular formula is C17H21N3OS. The smallest absolute Gasteiger partial charge is 0.225 e. The largest absolute Gasteiger partial charge is 0.350 e. The average molecular weight is 315 g/mol. The normalized spacial score (nSPS) is 14.0. The molecule has 5 heteroatoms. The van der Waals surface area contributed by atoms with Crippen LogP contribution in [-0.2, 0) is 17.9 Å². The van der Waals surface area contributed by atoms with Gasteiger partial charge in [-0.1, -0.05) is 62.9 Å². The fraction of sp³-hybridized carbons (Fsp3) is 0.412. The third-order valence-corrected chi connectivity index (χ3v) is 4.68. The summed E-state index contributed by atoms with van der Waals surface area (Å²) in [6.45, 7) is 7.26. The summed E-state index contributed by atoms with van der Waals surface area (Å²) in [7, 11) is 0. The van der Waals surface area contributed by atoms with Crippen LogP contribution in [0.2, 0.25) is 0 Å². The maximum absolute atomic E-state index is 12.2. The Labute approximate surface area is 135 Å². The highest BCUT2D eigenvalue weighted by atomic mass is 32.2. The van der Waals surface area contributed by atoms with E-state index < -0.39 is 0 Å². The Balaban J connectivity index is 1.91. The van der Waals surface area contributed by atoms with Crippen LogP contribution in [0.1, 0.15) is 26.5 Å². The van der Waals surface area contributed by atoms with Gasteiger partial charge in [-0.2, -0.15) is 0 Å². The van der Waals surface area contributed by atoms with Crippen molar-refractivity contribution in [3.05, 3.63) is 36.0 Å². The standard InChI is InChI=1S/C17H21N3OS/c1-17(2,3)15(21)18-11-13-14(12-7-5-4-6-8-12)19-16-20(13)9-10-22-16/h4-8H,9-11H2,1-3H3,(H,18,21). The van der Waals surface area contributed by atoms with E-state index in [-0.39, 0.29) is 11.3 Å². The third kappa shape index (κ3) is 2.90. The molecule has 0 bridgehead atoms. The van der Waals surface area contributed by atoms with Crippen LogP contribution in [0.3, 0.4) is 0 Å². The molecule has 1 aliphatic heterocycles. The number of carbonyl (C=O) groups is 1. The summed E-state index contributed by atoms with van der Waals surface area (Å²) in [5.74, 6) is 1.12. The van der Waals surface area contributed by atoms with Gasteiger partial charge in [-0.05, 0) is 0 Å². The van der Waals surface area contributed by atoms with E-state index >= 15 is 0 Å². The average Bonchev–Trinajstić information content (AvgIpc) is 3.05. The van der Waals surface area contributed by atoms with Crippen molar-refractivity contribution in [2.24, 2.45) is 5.41 Å². The second kappa shape index (κ2) is 5.80. The number of nitrogens with one attached hydrogen (secondary N) is 1. The molecule has 1 aromatic heterocycles. The molecule has 0 aliphatic carbocycles. The lowest BCUT2D eigenvalue weighted by molar-refractivity contribution is -0.128. The Morgan fingerprint density at radius 1 is 1.32 bits per heavy atom. The molecule has 1 amide bonds. The van der Waals surface area contributed by atoms with Crippen LogP contribution in [0.4, 0.5) is 0 Å². The van der Waals surface area contributed by atoms with Crippen molar-refractivity contribution in [2.45, 2.75) is 39.0 Å². The number of thioether (sulfide) groups is 1. The number of benzene rings is 1. The van der Waals surface area contributed by atoms with Crippen LogP contribution in [-0.4, -0.2) is 21.2 Å². The van der Waals surface area contributed by atoms with Gasteiger partial charge in [0.2, 0.25) is 5.91 Å². The zero-order valence-corrected chi connectivity index (χ0v) is 14.0. The lowest BCUT2D eigenvalue weighted by Gasteiger charge is -2.18. The maximum atomic E-state index is 12.2. The zero-order chi connectivity index (χ0) is 15.7. The molecule has 1 aromatic carbocycles. The fourth-order valence-corrected chi connectivity index (χ4v) is 3.44. The molecule has 0 saturated heterocycles. The maximum Gasteiger partial charge on any atom is 0.225 e. The van der Waals surface area contributed by atoms with Gasteiger partial charge in [0.1, 0.15) is 0 Å². The third-order valence-electron chi connectivity index (χ3n) is 3.73. The van der Waals surface area contributed by atoms with Gasteiger partial charge in [-0.15, -0.1) is 0 Å². The molecule has 3 rings (SSSR count). The topological polar surface area (TPSA) is 46.9 Å². The number of hydrogen-bond donors (Lipinski definition) is 1. The Kier molecular flexibility index (Phi) is 4.00. The van der Waals surface area contributed by atoms with Gasteiger partial charge in [0.15, 0.2) is 5.16 Å². The first-order valence-corrected chi connectivity index (χ1v) is 8.51. The van der Waals surface area contributed by atoms with Gasteiger partial charge in [-0.3, -0.25) is 4.79 Å². The molecule has 2 heterocycles. The van der Waals surface area contributed by atoms with Crippen molar-refractivity contribution in [1.82, 2.24) is 14.9 Å². The van der Waals surface area contributed by atoms with Crippen LogP contribution in [0, 0.1) is 5.41 Å². The Hall–Kier alpha value is -1.75. The number of nitrogens with zero attached hydrogens (tertiary/aromatic N) is 2. The zero-order valence-electron chi connectivity index (χ0n) is 13.2. The Morgan fingerprint density at radius 2 is 2.05 bits per heavy atom. The Morgan fingerprint density at radius 3 is 2.73 bits per heavy atom. The van der Waals surface area contributed by atoms with Gasteiger partial charge in [0.25, 0.3) is 0 Å². The first-order chi connectivity index (χ1) is 10.5. The highest BCUT2D eigenvalue weighted by molar-refractivity contribution is 7.99. The second-order valence-electron chi connectivity index (χ2n) is 6.49. The summed E-state index contributed by atoms with van der Waals surface area (Å²) in [6.07, 6.45) is 0. The minimum Gasteiger partial charge on any atom is -0.350 e. The van der Waals surface area contributed by atoms with Crippen molar-refractivity contribution in [3.63, 3.8) is 0 Å². The van der Waals surface area contributed by atoms with Crippen molar-refractivity contribution in [1.29, 1.82) is 0 Å². The van der Waals surface area contributed by atoms with Gasteiger partial charge in [0.05, 0.1) is 17.9 Å². The second-order valence-corrected chi connectivity index (χ2v) is 7.55. The summed E-state index contributed by atoms with van der Waals surface area (Å²) in [5.41, 5.74) is 2.81. The number of fused-ring (bicyclic) bond motifs is 1. The van der Waals surface area contributed by atoms with E-state index in [1.807, 2.05) is 39.0 Å². The predicted molar refractivity (Wildman–Crippen MR) is 89.7 cm³/mol. The van der Waals surface area contributed by atoms with Gasteiger partial charge in [-0.25, -0.2) is 4.98 Å². The van der Waals surface area contributed by atoms with Crippen molar-refractivity contribution in [2.75, 3.05) is 5.75 Å². The molecule has 0 spiro atoms. The quantitative estimate of drug-likeness (QED) is 0.945. The molecule has 0 radical (unpaired) electrons. The molecular weight excluding hydrogens is 294 g/mol. The molecule has 0 saturated carbocycles. The summed E-state index contributed by atoms with van der Waals surface area (Å²) in [5, 5.41) is 4.11. The van der Waals surface area contributed by atoms with E-state index in [4.69, 9.17) is 4.98 Å². The monoisotopic (exact) mass is 315 g/mol. The number of carbonyl (C=O) groups excluding carboxylic acids is 1. The predicted octanol–water partition coefficient (Wildman–Crippen LogP) is 3.32. The van der Waals surface area contributed by atoms with E-state index in [0.29, 0.717) is 6.54 Å². The van der Waals surface area contributed by atoms with Gasteiger partial charge >= 0.3 is 0 Å². The summed E-state index contributed by atoms with van der Waals surface area (Å²) < 4.78 is 2.23. The molecule has 1 N–H and O–H groups in total.